The second kappa shape index (κ2) is 10.5. The zero-order valence-corrected chi connectivity index (χ0v) is 21.1. The number of pyridine rings is 1. The van der Waals surface area contributed by atoms with Gasteiger partial charge < -0.3 is 37.6 Å². The van der Waals surface area contributed by atoms with Crippen LogP contribution in [0.4, 0.5) is 0 Å². The lowest BCUT2D eigenvalue weighted by Crippen LogP contribution is -2.62. The summed E-state index contributed by atoms with van der Waals surface area (Å²) in [6.07, 6.45) is -4.10. The molecule has 0 saturated carbocycles. The molecule has 3 aromatic rings. The Kier molecular flexibility index (Phi) is 7.39. The number of ether oxygens (including phenoxy) is 7. The number of benzene rings is 1. The van der Waals surface area contributed by atoms with Crippen LogP contribution >= 0.6 is 0 Å². The Hall–Kier alpha value is -4.06. The largest absolute Gasteiger partial charge is 0.495 e. The number of aromatic nitrogens is 1. The molecule has 5 unspecified atom stereocenters. The van der Waals surface area contributed by atoms with Gasteiger partial charge in [0, 0.05) is 26.2 Å². The van der Waals surface area contributed by atoms with Crippen molar-refractivity contribution >= 4 is 39.9 Å². The number of nitrogens with zero attached hydrogens (tertiary/aromatic N) is 1. The van der Waals surface area contributed by atoms with Crippen LogP contribution in [-0.4, -0.2) is 67.8 Å². The van der Waals surface area contributed by atoms with Crippen molar-refractivity contribution in [2.24, 2.45) is 0 Å². The fourth-order valence-electron chi connectivity index (χ4n) is 4.35. The smallest absolute Gasteiger partial charge is 0.303 e. The van der Waals surface area contributed by atoms with E-state index in [4.69, 9.17) is 37.6 Å². The van der Waals surface area contributed by atoms with E-state index in [1.165, 1.54) is 41.3 Å². The van der Waals surface area contributed by atoms with Crippen molar-refractivity contribution in [3.05, 3.63) is 24.5 Å². The lowest BCUT2D eigenvalue weighted by atomic mass is 9.98. The molecule has 0 spiro atoms. The summed E-state index contributed by atoms with van der Waals surface area (Å²) in [5.41, 5.74) is 0.723. The Morgan fingerprint density at radius 3 is 2.05 bits per heavy atom. The molecule has 2 aromatic heterocycles. The van der Waals surface area contributed by atoms with Crippen molar-refractivity contribution in [3.8, 4) is 17.2 Å². The lowest BCUT2D eigenvalue weighted by molar-refractivity contribution is -0.280. The molecule has 3 heterocycles. The van der Waals surface area contributed by atoms with Gasteiger partial charge in [-0.2, -0.15) is 0 Å². The van der Waals surface area contributed by atoms with Crippen molar-refractivity contribution in [2.45, 2.75) is 58.4 Å². The molecule has 4 rings (SSSR count). The molecule has 0 aliphatic carbocycles. The molecule has 37 heavy (non-hydrogen) atoms. The molecule has 1 aliphatic heterocycles. The van der Waals surface area contributed by atoms with Crippen LogP contribution in [0.1, 0.15) is 27.7 Å². The summed E-state index contributed by atoms with van der Waals surface area (Å²) in [6.45, 7) is 5.19. The van der Waals surface area contributed by atoms with Gasteiger partial charge in [0.15, 0.2) is 23.7 Å². The summed E-state index contributed by atoms with van der Waals surface area (Å²) in [4.78, 5) is 40.2. The molecule has 12 nitrogen and oxygen atoms in total. The lowest BCUT2D eigenvalue weighted by Gasteiger charge is -2.43. The van der Waals surface area contributed by atoms with E-state index in [0.29, 0.717) is 27.8 Å². The van der Waals surface area contributed by atoms with Gasteiger partial charge in [-0.25, -0.2) is 4.98 Å². The van der Waals surface area contributed by atoms with Crippen molar-refractivity contribution in [1.29, 1.82) is 0 Å². The molecule has 0 radical (unpaired) electrons. The first-order chi connectivity index (χ1) is 17.6. The topological polar surface area (TPSA) is 142 Å². The first-order valence-corrected chi connectivity index (χ1v) is 11.4. The molecule has 0 bridgehead atoms. The number of hydrogen-bond donors (Lipinski definition) is 0. The molecule has 1 aliphatic rings. The molecular weight excluding hydrogens is 490 g/mol. The number of methoxy groups -OCH3 is 2. The second-order valence-corrected chi connectivity index (χ2v) is 8.33. The highest BCUT2D eigenvalue weighted by molar-refractivity contribution is 6.02. The van der Waals surface area contributed by atoms with Gasteiger partial charge in [0.05, 0.1) is 32.0 Å². The Morgan fingerprint density at radius 1 is 0.811 bits per heavy atom. The zero-order valence-electron chi connectivity index (χ0n) is 21.1. The molecule has 1 fully saturated rings. The van der Waals surface area contributed by atoms with E-state index in [-0.39, 0.29) is 11.5 Å². The van der Waals surface area contributed by atoms with Gasteiger partial charge >= 0.3 is 17.9 Å². The fraction of sp³-hybridized carbons (Fsp3) is 0.440. The molecule has 5 atom stereocenters. The van der Waals surface area contributed by atoms with E-state index >= 15 is 0 Å². The maximum atomic E-state index is 12.0. The van der Waals surface area contributed by atoms with Gasteiger partial charge in [-0.05, 0) is 25.1 Å². The monoisotopic (exact) mass is 517 g/mol. The number of rotatable bonds is 7. The number of hydrogen-bond acceptors (Lipinski definition) is 12. The third-order valence-corrected chi connectivity index (χ3v) is 5.73. The van der Waals surface area contributed by atoms with E-state index in [1.807, 2.05) is 0 Å². The average molecular weight is 517 g/mol. The Morgan fingerprint density at radius 2 is 1.43 bits per heavy atom. The minimum atomic E-state index is -1.28. The molecule has 198 valence electrons. The maximum absolute atomic E-state index is 12.0. The highest BCUT2D eigenvalue weighted by Crippen LogP contribution is 2.42. The van der Waals surface area contributed by atoms with E-state index in [0.717, 1.165) is 0 Å². The Labute approximate surface area is 211 Å². The molecule has 0 amide bonds. The van der Waals surface area contributed by atoms with Gasteiger partial charge in [0.2, 0.25) is 18.1 Å². The molecular formula is C25H27NO11. The maximum Gasteiger partial charge on any atom is 0.303 e. The summed E-state index contributed by atoms with van der Waals surface area (Å²) in [6, 6.07) is 5.09. The fourth-order valence-corrected chi connectivity index (χ4v) is 4.35. The summed E-state index contributed by atoms with van der Waals surface area (Å²) in [5, 5.41) is 1.33. The predicted octanol–water partition coefficient (Wildman–Crippen LogP) is 2.92. The van der Waals surface area contributed by atoms with Crippen LogP contribution in [0.5, 0.6) is 17.2 Å². The van der Waals surface area contributed by atoms with Crippen LogP contribution in [0.15, 0.2) is 28.9 Å². The van der Waals surface area contributed by atoms with Gasteiger partial charge in [0.25, 0.3) is 0 Å². The van der Waals surface area contributed by atoms with Crippen LogP contribution in [0, 0.1) is 0 Å². The minimum absolute atomic E-state index is 0.192. The normalized spacial score (nSPS) is 23.4. The van der Waals surface area contributed by atoms with Crippen molar-refractivity contribution in [2.75, 3.05) is 14.2 Å². The first-order valence-electron chi connectivity index (χ1n) is 11.4. The number of fused-ring (bicyclic) bond motifs is 2. The molecule has 1 saturated heterocycles. The molecule has 1 aromatic carbocycles. The molecule has 12 heteroatoms. The number of furan rings is 1. The van der Waals surface area contributed by atoms with Gasteiger partial charge in [-0.15, -0.1) is 0 Å². The van der Waals surface area contributed by atoms with E-state index in [1.54, 1.807) is 25.1 Å². The van der Waals surface area contributed by atoms with Gasteiger partial charge in [0.1, 0.15) is 11.3 Å². The van der Waals surface area contributed by atoms with Gasteiger partial charge in [-0.3, -0.25) is 14.4 Å². The quantitative estimate of drug-likeness (QED) is 0.336. The second-order valence-electron chi connectivity index (χ2n) is 8.33. The average Bonchev–Trinajstić information content (AvgIpc) is 3.29. The zero-order chi connectivity index (χ0) is 26.9. The molecule has 0 N–H and O–H groups in total. The standard InChI is InChI=1S/C25H27NO11/c1-11-19(34-12(2)27)22(35-13(3)28)23(36-14(4)29)25(33-11)37-17-8-7-15-18(21(17)31-6)26-24-16(9-10-32-24)20(15)30-5/h7-11,19,22-23,25H,1-6H3. The van der Waals surface area contributed by atoms with E-state index in [9.17, 15) is 14.4 Å². The van der Waals surface area contributed by atoms with Crippen molar-refractivity contribution in [3.63, 3.8) is 0 Å². The summed E-state index contributed by atoms with van der Waals surface area (Å²) in [7, 11) is 2.97. The third-order valence-electron chi connectivity index (χ3n) is 5.73. The summed E-state index contributed by atoms with van der Waals surface area (Å²) < 4.78 is 45.0. The number of esters is 3. The Balaban J connectivity index is 1.78. The highest BCUT2D eigenvalue weighted by atomic mass is 16.7. The van der Waals surface area contributed by atoms with Crippen LogP contribution in [0.25, 0.3) is 22.0 Å². The van der Waals surface area contributed by atoms with Crippen LogP contribution in [-0.2, 0) is 33.3 Å². The van der Waals surface area contributed by atoms with Crippen molar-refractivity contribution in [1.82, 2.24) is 4.98 Å². The first kappa shape index (κ1) is 26.0. The van der Waals surface area contributed by atoms with Crippen LogP contribution in [0.3, 0.4) is 0 Å². The predicted molar refractivity (Wildman–Crippen MR) is 126 cm³/mol. The van der Waals surface area contributed by atoms with E-state index < -0.39 is 48.6 Å². The SMILES string of the molecule is COc1c2ccoc2nc2c(OC)c(OC3OC(C)C(OC(C)=O)C(OC(C)=O)C3OC(C)=O)ccc12. The number of carbonyl (C=O) groups is 3. The van der Waals surface area contributed by atoms with Crippen molar-refractivity contribution < 1.29 is 52.0 Å². The van der Waals surface area contributed by atoms with Gasteiger partial charge in [-0.1, -0.05) is 0 Å². The summed E-state index contributed by atoms with van der Waals surface area (Å²) >= 11 is 0. The highest BCUT2D eigenvalue weighted by Gasteiger charge is 2.51. The van der Waals surface area contributed by atoms with Crippen LogP contribution < -0.4 is 14.2 Å². The van der Waals surface area contributed by atoms with Crippen LogP contribution in [0.2, 0.25) is 0 Å². The number of carbonyl (C=O) groups excluding carboxylic acids is 3. The summed E-state index contributed by atoms with van der Waals surface area (Å²) in [5.74, 6) is -1.02. The minimum Gasteiger partial charge on any atom is -0.495 e. The third kappa shape index (κ3) is 5.10. The Bertz CT molecular complexity index is 1330. The van der Waals surface area contributed by atoms with E-state index in [2.05, 4.69) is 4.98 Å².